The summed E-state index contributed by atoms with van der Waals surface area (Å²) in [6.45, 7) is 1.78. The highest BCUT2D eigenvalue weighted by Crippen LogP contribution is 2.11. The molecule has 0 saturated carbocycles. The van der Waals surface area contributed by atoms with E-state index in [4.69, 9.17) is 0 Å². The van der Waals surface area contributed by atoms with Crippen molar-refractivity contribution in [1.82, 2.24) is 4.98 Å². The highest BCUT2D eigenvalue weighted by molar-refractivity contribution is 7.10. The van der Waals surface area contributed by atoms with Gasteiger partial charge in [0.25, 0.3) is 0 Å². The number of esters is 1. The van der Waals surface area contributed by atoms with E-state index in [0.717, 1.165) is 6.08 Å². The molecule has 0 amide bonds. The van der Waals surface area contributed by atoms with E-state index in [2.05, 4.69) is 9.72 Å². The molecule has 0 unspecified atom stereocenters. The first kappa shape index (κ1) is 9.85. The molecule has 0 aliphatic carbocycles. The third kappa shape index (κ3) is 2.95. The van der Waals surface area contributed by atoms with Crippen molar-refractivity contribution >= 4 is 23.4 Å². The Morgan fingerprint density at radius 1 is 1.85 bits per heavy atom. The van der Waals surface area contributed by atoms with Crippen molar-refractivity contribution in [3.8, 4) is 0 Å². The van der Waals surface area contributed by atoms with E-state index in [1.165, 1.54) is 17.5 Å². The van der Waals surface area contributed by atoms with Crippen molar-refractivity contribution in [2.24, 2.45) is 0 Å². The maximum absolute atomic E-state index is 12.9. The maximum Gasteiger partial charge on any atom is 0.367 e. The van der Waals surface area contributed by atoms with Gasteiger partial charge in [-0.3, -0.25) is 0 Å². The highest BCUT2D eigenvalue weighted by atomic mass is 32.1. The van der Waals surface area contributed by atoms with Gasteiger partial charge in [-0.1, -0.05) is 0 Å². The first-order chi connectivity index (χ1) is 6.24. The average molecular weight is 201 g/mol. The Balaban J connectivity index is 2.66. The third-order valence-corrected chi connectivity index (χ3v) is 1.89. The Morgan fingerprint density at radius 3 is 3.15 bits per heavy atom. The summed E-state index contributed by atoms with van der Waals surface area (Å²) < 4.78 is 17.3. The van der Waals surface area contributed by atoms with E-state index in [1.807, 2.05) is 0 Å². The molecule has 1 aromatic rings. The summed E-state index contributed by atoms with van der Waals surface area (Å²) >= 11 is 1.25. The number of hydrogen-bond donors (Lipinski definition) is 0. The zero-order valence-corrected chi connectivity index (χ0v) is 7.81. The summed E-state index contributed by atoms with van der Waals surface area (Å²) in [6.07, 6.45) is 2.59. The summed E-state index contributed by atoms with van der Waals surface area (Å²) in [7, 11) is 0. The van der Waals surface area contributed by atoms with Gasteiger partial charge >= 0.3 is 5.97 Å². The van der Waals surface area contributed by atoms with Gasteiger partial charge in [0.05, 0.1) is 6.61 Å². The van der Waals surface area contributed by atoms with E-state index in [1.54, 1.807) is 12.3 Å². The highest BCUT2D eigenvalue weighted by Gasteiger charge is 2.09. The number of carbonyl (C=O) groups is 1. The van der Waals surface area contributed by atoms with Crippen LogP contribution >= 0.6 is 11.3 Å². The number of thiazole rings is 1. The van der Waals surface area contributed by atoms with Crippen LogP contribution in [-0.2, 0) is 9.53 Å². The largest absolute Gasteiger partial charge is 0.461 e. The van der Waals surface area contributed by atoms with Gasteiger partial charge in [0.1, 0.15) is 5.01 Å². The molecular formula is C8H8FNO2S. The van der Waals surface area contributed by atoms with Crippen LogP contribution in [-0.4, -0.2) is 17.6 Å². The van der Waals surface area contributed by atoms with Gasteiger partial charge in [0, 0.05) is 17.7 Å². The lowest BCUT2D eigenvalue weighted by atomic mass is 10.5. The minimum atomic E-state index is -0.947. The number of hydrogen-bond acceptors (Lipinski definition) is 4. The van der Waals surface area contributed by atoms with Crippen molar-refractivity contribution < 1.29 is 13.9 Å². The van der Waals surface area contributed by atoms with Crippen molar-refractivity contribution in [2.45, 2.75) is 6.92 Å². The first-order valence-corrected chi connectivity index (χ1v) is 4.55. The van der Waals surface area contributed by atoms with E-state index < -0.39 is 11.8 Å². The van der Waals surface area contributed by atoms with Gasteiger partial charge in [0.15, 0.2) is 0 Å². The summed E-state index contributed by atoms with van der Waals surface area (Å²) in [5.74, 6) is -1.87. The molecule has 0 radical (unpaired) electrons. The Hall–Kier alpha value is -1.23. The Kier molecular flexibility index (Phi) is 3.57. The molecule has 0 saturated heterocycles. The quantitative estimate of drug-likeness (QED) is 0.554. The van der Waals surface area contributed by atoms with Crippen LogP contribution in [0.5, 0.6) is 0 Å². The molecule has 0 aliphatic heterocycles. The van der Waals surface area contributed by atoms with Gasteiger partial charge in [-0.15, -0.1) is 11.3 Å². The molecule has 0 N–H and O–H groups in total. The number of ether oxygens (including phenoxy) is 1. The average Bonchev–Trinajstić information content (AvgIpc) is 2.57. The van der Waals surface area contributed by atoms with Crippen molar-refractivity contribution in [3.05, 3.63) is 22.4 Å². The number of nitrogens with zero attached hydrogens (tertiary/aromatic N) is 1. The van der Waals surface area contributed by atoms with Gasteiger partial charge in [0.2, 0.25) is 5.83 Å². The predicted molar refractivity (Wildman–Crippen MR) is 47.8 cm³/mol. The van der Waals surface area contributed by atoms with Crippen LogP contribution in [0.3, 0.4) is 0 Å². The fourth-order valence-electron chi connectivity index (χ4n) is 0.673. The molecule has 3 nitrogen and oxygen atoms in total. The summed E-state index contributed by atoms with van der Waals surface area (Å²) in [4.78, 5) is 14.6. The smallest absolute Gasteiger partial charge is 0.367 e. The molecule has 0 fully saturated rings. The van der Waals surface area contributed by atoms with Crippen LogP contribution in [0.15, 0.2) is 17.4 Å². The van der Waals surface area contributed by atoms with Gasteiger partial charge in [-0.05, 0) is 6.92 Å². The van der Waals surface area contributed by atoms with Crippen LogP contribution in [0.25, 0.3) is 6.08 Å². The molecule has 1 heterocycles. The number of rotatable bonds is 3. The van der Waals surface area contributed by atoms with Crippen LogP contribution in [0, 0.1) is 0 Å². The van der Waals surface area contributed by atoms with Crippen LogP contribution in [0.4, 0.5) is 4.39 Å². The monoisotopic (exact) mass is 201 g/mol. The first-order valence-electron chi connectivity index (χ1n) is 3.68. The number of halogens is 1. The summed E-state index contributed by atoms with van der Waals surface area (Å²) in [5.41, 5.74) is 0. The molecule has 0 bridgehead atoms. The minimum absolute atomic E-state index is 0.165. The Morgan fingerprint density at radius 2 is 2.62 bits per heavy atom. The molecule has 5 heteroatoms. The van der Waals surface area contributed by atoms with Crippen LogP contribution in [0.1, 0.15) is 11.9 Å². The van der Waals surface area contributed by atoms with Gasteiger partial charge in [-0.25, -0.2) is 9.78 Å². The van der Waals surface area contributed by atoms with Crippen LogP contribution < -0.4 is 0 Å². The molecule has 1 rings (SSSR count). The molecule has 0 aromatic carbocycles. The van der Waals surface area contributed by atoms with Crippen molar-refractivity contribution in [1.29, 1.82) is 0 Å². The predicted octanol–water partition coefficient (Wildman–Crippen LogP) is 2.02. The molecule has 70 valence electrons. The number of aromatic nitrogens is 1. The van der Waals surface area contributed by atoms with E-state index >= 15 is 0 Å². The van der Waals surface area contributed by atoms with Gasteiger partial charge < -0.3 is 4.74 Å². The normalized spacial score (nSPS) is 11.4. The molecule has 13 heavy (non-hydrogen) atoms. The fourth-order valence-corrected chi connectivity index (χ4v) is 1.23. The summed E-state index contributed by atoms with van der Waals surface area (Å²) in [5, 5.41) is 2.15. The molecule has 0 aliphatic rings. The summed E-state index contributed by atoms with van der Waals surface area (Å²) in [6, 6.07) is 0. The second-order valence-electron chi connectivity index (χ2n) is 2.08. The lowest BCUT2D eigenvalue weighted by Gasteiger charge is -1.96. The van der Waals surface area contributed by atoms with Crippen molar-refractivity contribution in [3.63, 3.8) is 0 Å². The molecule has 0 atom stereocenters. The minimum Gasteiger partial charge on any atom is -0.461 e. The zero-order valence-electron chi connectivity index (χ0n) is 6.99. The van der Waals surface area contributed by atoms with E-state index in [-0.39, 0.29) is 6.61 Å². The third-order valence-electron chi connectivity index (χ3n) is 1.17. The Bertz CT molecular complexity index is 308. The lowest BCUT2D eigenvalue weighted by Crippen LogP contribution is -2.03. The lowest BCUT2D eigenvalue weighted by molar-refractivity contribution is -0.140. The fraction of sp³-hybridized carbons (Fsp3) is 0.250. The molecule has 0 spiro atoms. The van der Waals surface area contributed by atoms with E-state index in [9.17, 15) is 9.18 Å². The second kappa shape index (κ2) is 4.71. The van der Waals surface area contributed by atoms with Crippen molar-refractivity contribution in [2.75, 3.05) is 6.61 Å². The second-order valence-corrected chi connectivity index (χ2v) is 3.01. The Labute approximate surface area is 78.9 Å². The topological polar surface area (TPSA) is 39.2 Å². The van der Waals surface area contributed by atoms with Crippen LogP contribution in [0.2, 0.25) is 0 Å². The number of carbonyl (C=O) groups excluding carboxylic acids is 1. The molecule has 1 aromatic heterocycles. The zero-order chi connectivity index (χ0) is 9.68. The van der Waals surface area contributed by atoms with E-state index in [0.29, 0.717) is 5.01 Å². The molecular weight excluding hydrogens is 193 g/mol. The maximum atomic E-state index is 12.9. The van der Waals surface area contributed by atoms with Gasteiger partial charge in [-0.2, -0.15) is 4.39 Å². The SMILES string of the molecule is CCOC(=O)/C(F)=C/c1nccs1. The standard InChI is InChI=1S/C8H8FNO2S/c1-2-12-8(11)6(9)5-7-10-3-4-13-7/h3-5H,2H2,1H3/b6-5-.